The maximum atomic E-state index is 12.6. The van der Waals surface area contributed by atoms with E-state index < -0.39 is 10.1 Å². The molecule has 2 aliphatic rings. The highest BCUT2D eigenvalue weighted by molar-refractivity contribution is 7.87. The van der Waals surface area contributed by atoms with Gasteiger partial charge < -0.3 is 5.11 Å². The van der Waals surface area contributed by atoms with E-state index in [2.05, 4.69) is 6.92 Å². The molecule has 0 spiro atoms. The van der Waals surface area contributed by atoms with Crippen LogP contribution in [0.25, 0.3) is 0 Å². The third-order valence-electron chi connectivity index (χ3n) is 4.92. The van der Waals surface area contributed by atoms with E-state index in [4.69, 9.17) is 4.18 Å². The molecule has 0 amide bonds. The second-order valence-corrected chi connectivity index (χ2v) is 8.74. The van der Waals surface area contributed by atoms with Gasteiger partial charge in [-0.2, -0.15) is 8.42 Å². The highest BCUT2D eigenvalue weighted by Crippen LogP contribution is 2.38. The monoisotopic (exact) mass is 304 g/mol. The topological polar surface area (TPSA) is 63.6 Å². The van der Waals surface area contributed by atoms with E-state index in [1.165, 1.54) is 0 Å². The fourth-order valence-corrected chi connectivity index (χ4v) is 6.22. The lowest BCUT2D eigenvalue weighted by Crippen LogP contribution is -2.42. The fourth-order valence-electron chi connectivity index (χ4n) is 4.16. The molecule has 0 aliphatic heterocycles. The zero-order valence-corrected chi connectivity index (χ0v) is 13.6. The maximum Gasteiger partial charge on any atom is 0.271 e. The Hall–Kier alpha value is -0.130. The molecule has 2 unspecified atom stereocenters. The molecule has 0 heterocycles. The van der Waals surface area contributed by atoms with Gasteiger partial charge in [0.15, 0.2) is 0 Å². The van der Waals surface area contributed by atoms with Crippen molar-refractivity contribution >= 4 is 10.1 Å². The summed E-state index contributed by atoms with van der Waals surface area (Å²) in [6.45, 7) is 6.25. The smallest absolute Gasteiger partial charge is 0.271 e. The molecular weight excluding hydrogens is 276 g/mol. The van der Waals surface area contributed by atoms with Gasteiger partial charge in [0.05, 0.1) is 17.5 Å². The number of rotatable bonds is 3. The van der Waals surface area contributed by atoms with Crippen LogP contribution in [0.4, 0.5) is 0 Å². The van der Waals surface area contributed by atoms with Crippen molar-refractivity contribution in [1.82, 2.24) is 0 Å². The zero-order chi connectivity index (χ0) is 14.9. The van der Waals surface area contributed by atoms with Crippen LogP contribution >= 0.6 is 0 Å². The summed E-state index contributed by atoms with van der Waals surface area (Å²) in [7, 11) is -3.50. The predicted octanol–water partition coefficient (Wildman–Crippen LogP) is 2.71. The molecule has 2 atom stereocenters. The van der Waals surface area contributed by atoms with Crippen LogP contribution in [0.5, 0.6) is 0 Å². The fraction of sp³-hybridized carbons (Fsp3) is 1.00. The predicted molar refractivity (Wildman–Crippen MR) is 78.8 cm³/mol. The lowest BCUT2D eigenvalue weighted by atomic mass is 9.77. The van der Waals surface area contributed by atoms with E-state index in [9.17, 15) is 13.5 Å². The van der Waals surface area contributed by atoms with Crippen LogP contribution in [0.2, 0.25) is 0 Å². The SMILES string of the molecule is CC1CC(C)C(S(=O)(=O)OC2CCC(O)CC2)C(C)C1. The van der Waals surface area contributed by atoms with E-state index in [0.29, 0.717) is 31.6 Å². The van der Waals surface area contributed by atoms with Gasteiger partial charge in [-0.25, -0.2) is 0 Å². The normalized spacial score (nSPS) is 43.4. The number of aliphatic hydroxyl groups is 1. The third kappa shape index (κ3) is 3.74. The Labute approximate surface area is 123 Å². The minimum absolute atomic E-state index is 0.160. The largest absolute Gasteiger partial charge is 0.393 e. The summed E-state index contributed by atoms with van der Waals surface area (Å²) in [6, 6.07) is 0. The molecule has 0 aromatic heterocycles. The van der Waals surface area contributed by atoms with Gasteiger partial charge in [-0.15, -0.1) is 0 Å². The maximum absolute atomic E-state index is 12.6. The van der Waals surface area contributed by atoms with Gasteiger partial charge in [0.2, 0.25) is 0 Å². The van der Waals surface area contributed by atoms with Crippen molar-refractivity contribution in [3.05, 3.63) is 0 Å². The van der Waals surface area contributed by atoms with Gasteiger partial charge in [-0.1, -0.05) is 20.8 Å². The zero-order valence-electron chi connectivity index (χ0n) is 12.8. The Morgan fingerprint density at radius 3 is 1.95 bits per heavy atom. The van der Waals surface area contributed by atoms with Crippen molar-refractivity contribution in [2.45, 2.75) is 76.8 Å². The Morgan fingerprint density at radius 2 is 1.45 bits per heavy atom. The van der Waals surface area contributed by atoms with E-state index in [0.717, 1.165) is 12.8 Å². The molecular formula is C15H28O4S. The molecule has 2 fully saturated rings. The van der Waals surface area contributed by atoms with Crippen molar-refractivity contribution in [3.63, 3.8) is 0 Å². The molecule has 5 heteroatoms. The van der Waals surface area contributed by atoms with Gasteiger partial charge in [0.25, 0.3) is 10.1 Å². The van der Waals surface area contributed by atoms with Gasteiger partial charge in [0.1, 0.15) is 0 Å². The van der Waals surface area contributed by atoms with Gasteiger partial charge in [-0.05, 0) is 56.3 Å². The second-order valence-electron chi connectivity index (χ2n) is 7.02. The Balaban J connectivity index is 2.02. The second kappa shape index (κ2) is 6.32. The molecule has 20 heavy (non-hydrogen) atoms. The average Bonchev–Trinajstić information content (AvgIpc) is 2.30. The van der Waals surface area contributed by atoms with Crippen LogP contribution in [-0.2, 0) is 14.3 Å². The summed E-state index contributed by atoms with van der Waals surface area (Å²) in [6.07, 6.45) is 3.98. The van der Waals surface area contributed by atoms with Crippen molar-refractivity contribution < 1.29 is 17.7 Å². The van der Waals surface area contributed by atoms with Crippen LogP contribution in [0.1, 0.15) is 59.3 Å². The summed E-state index contributed by atoms with van der Waals surface area (Å²) in [4.78, 5) is 0. The van der Waals surface area contributed by atoms with E-state index in [-0.39, 0.29) is 29.3 Å². The van der Waals surface area contributed by atoms with Crippen molar-refractivity contribution in [2.24, 2.45) is 17.8 Å². The van der Waals surface area contributed by atoms with Crippen molar-refractivity contribution in [3.8, 4) is 0 Å². The average molecular weight is 304 g/mol. The molecule has 2 rings (SSSR count). The lowest BCUT2D eigenvalue weighted by Gasteiger charge is -2.38. The van der Waals surface area contributed by atoms with Crippen LogP contribution in [0.3, 0.4) is 0 Å². The van der Waals surface area contributed by atoms with E-state index in [1.807, 2.05) is 13.8 Å². The molecule has 2 aliphatic carbocycles. The van der Waals surface area contributed by atoms with E-state index in [1.54, 1.807) is 0 Å². The highest BCUT2D eigenvalue weighted by atomic mass is 32.2. The molecule has 0 aromatic carbocycles. The molecule has 0 aromatic rings. The summed E-state index contributed by atoms with van der Waals surface area (Å²) >= 11 is 0. The molecule has 118 valence electrons. The van der Waals surface area contributed by atoms with Crippen LogP contribution < -0.4 is 0 Å². The lowest BCUT2D eigenvalue weighted by molar-refractivity contribution is 0.0665. The molecule has 0 bridgehead atoms. The Bertz CT molecular complexity index is 400. The third-order valence-corrected chi connectivity index (χ3v) is 7.05. The number of hydrogen-bond donors (Lipinski definition) is 1. The number of aliphatic hydroxyl groups excluding tert-OH is 1. The molecule has 1 N–H and O–H groups in total. The number of hydrogen-bond acceptors (Lipinski definition) is 4. The van der Waals surface area contributed by atoms with Gasteiger partial charge in [-0.3, -0.25) is 4.18 Å². The minimum atomic E-state index is -3.50. The van der Waals surface area contributed by atoms with Crippen LogP contribution in [-0.4, -0.2) is 31.0 Å². The Kier molecular flexibility index (Phi) is 5.14. The minimum Gasteiger partial charge on any atom is -0.393 e. The molecule has 2 saturated carbocycles. The summed E-state index contributed by atoms with van der Waals surface area (Å²) in [5, 5.41) is 9.11. The van der Waals surface area contributed by atoms with Gasteiger partial charge in [0, 0.05) is 0 Å². The summed E-state index contributed by atoms with van der Waals surface area (Å²) in [5.74, 6) is 0.914. The quantitative estimate of drug-likeness (QED) is 0.814. The summed E-state index contributed by atoms with van der Waals surface area (Å²) in [5.41, 5.74) is 0. The van der Waals surface area contributed by atoms with Crippen molar-refractivity contribution in [2.75, 3.05) is 0 Å². The molecule has 0 saturated heterocycles. The first-order chi connectivity index (χ1) is 9.29. The summed E-state index contributed by atoms with van der Waals surface area (Å²) < 4.78 is 30.7. The Morgan fingerprint density at radius 1 is 0.950 bits per heavy atom. The van der Waals surface area contributed by atoms with Gasteiger partial charge >= 0.3 is 0 Å². The standard InChI is InChI=1S/C15H28O4S/c1-10-8-11(2)15(12(3)9-10)20(17,18)19-14-6-4-13(16)5-7-14/h10-16H,4-9H2,1-3H3. The van der Waals surface area contributed by atoms with E-state index >= 15 is 0 Å². The first-order valence-electron chi connectivity index (χ1n) is 7.89. The molecule has 0 radical (unpaired) electrons. The highest BCUT2D eigenvalue weighted by Gasteiger charge is 2.42. The van der Waals surface area contributed by atoms with Crippen LogP contribution in [0, 0.1) is 17.8 Å². The van der Waals surface area contributed by atoms with Crippen LogP contribution in [0.15, 0.2) is 0 Å². The van der Waals surface area contributed by atoms with Crippen molar-refractivity contribution in [1.29, 1.82) is 0 Å². The first kappa shape index (κ1) is 16.2. The first-order valence-corrected chi connectivity index (χ1v) is 9.37. The molecule has 4 nitrogen and oxygen atoms in total.